The predicted molar refractivity (Wildman–Crippen MR) is 98.8 cm³/mol. The van der Waals surface area contributed by atoms with Gasteiger partial charge in [-0.2, -0.15) is 0 Å². The molecular formula is C19H24F2N4O. The Morgan fingerprint density at radius 2 is 2.04 bits per heavy atom. The number of aromatic nitrogens is 1. The van der Waals surface area contributed by atoms with Crippen LogP contribution in [0.5, 0.6) is 0 Å². The SMILES string of the molecule is Cc1c(N2CCC(F)(CN)C2)c(F)cc2c(CN)cc(=O)n(C3CC3)c12. The van der Waals surface area contributed by atoms with Crippen LogP contribution >= 0.6 is 0 Å². The Morgan fingerprint density at radius 1 is 1.31 bits per heavy atom. The summed E-state index contributed by atoms with van der Waals surface area (Å²) in [5.41, 5.74) is 12.1. The van der Waals surface area contributed by atoms with Crippen LogP contribution in [0, 0.1) is 12.7 Å². The molecule has 1 aliphatic heterocycles. The van der Waals surface area contributed by atoms with Gasteiger partial charge in [0.25, 0.3) is 5.56 Å². The number of hydrogen-bond acceptors (Lipinski definition) is 4. The number of nitrogens with zero attached hydrogens (tertiary/aromatic N) is 2. The Kier molecular flexibility index (Phi) is 4.04. The van der Waals surface area contributed by atoms with Crippen LogP contribution in [0.2, 0.25) is 0 Å². The highest BCUT2D eigenvalue weighted by molar-refractivity contribution is 5.90. The van der Waals surface area contributed by atoms with Crippen LogP contribution in [0.25, 0.3) is 10.9 Å². The molecule has 4 N–H and O–H groups in total. The molecule has 0 radical (unpaired) electrons. The summed E-state index contributed by atoms with van der Waals surface area (Å²) in [6.07, 6.45) is 2.15. The number of rotatable bonds is 4. The van der Waals surface area contributed by atoms with E-state index in [2.05, 4.69) is 0 Å². The Morgan fingerprint density at radius 3 is 2.62 bits per heavy atom. The summed E-state index contributed by atoms with van der Waals surface area (Å²) < 4.78 is 31.4. The monoisotopic (exact) mass is 362 g/mol. The molecule has 2 aliphatic rings. The number of fused-ring (bicyclic) bond motifs is 1. The third kappa shape index (κ3) is 2.61. The van der Waals surface area contributed by atoms with E-state index in [4.69, 9.17) is 11.5 Å². The van der Waals surface area contributed by atoms with Gasteiger partial charge >= 0.3 is 0 Å². The van der Waals surface area contributed by atoms with Gasteiger partial charge in [-0.25, -0.2) is 8.78 Å². The number of anilines is 1. The van der Waals surface area contributed by atoms with E-state index in [1.54, 1.807) is 16.4 Å². The van der Waals surface area contributed by atoms with Crippen molar-refractivity contribution in [2.24, 2.45) is 11.5 Å². The zero-order valence-corrected chi connectivity index (χ0v) is 14.9. The molecule has 5 nitrogen and oxygen atoms in total. The number of aryl methyl sites for hydroxylation is 1. The van der Waals surface area contributed by atoms with Gasteiger partial charge in [0.2, 0.25) is 0 Å². The highest BCUT2D eigenvalue weighted by Crippen LogP contribution is 2.41. The highest BCUT2D eigenvalue weighted by Gasteiger charge is 2.39. The fraction of sp³-hybridized carbons (Fsp3) is 0.526. The van der Waals surface area contributed by atoms with Gasteiger partial charge in [-0.05, 0) is 37.0 Å². The van der Waals surface area contributed by atoms with Crippen molar-refractivity contribution < 1.29 is 8.78 Å². The third-order valence-corrected chi connectivity index (χ3v) is 5.70. The maximum atomic E-state index is 15.0. The second-order valence-corrected chi connectivity index (χ2v) is 7.57. The van der Waals surface area contributed by atoms with Crippen molar-refractivity contribution in [3.05, 3.63) is 39.4 Å². The molecule has 1 atom stereocenters. The summed E-state index contributed by atoms with van der Waals surface area (Å²) in [6.45, 7) is 2.36. The van der Waals surface area contributed by atoms with Crippen molar-refractivity contribution in [1.82, 2.24) is 4.57 Å². The van der Waals surface area contributed by atoms with Gasteiger partial charge in [0.1, 0.15) is 11.5 Å². The molecule has 1 unspecified atom stereocenters. The summed E-state index contributed by atoms with van der Waals surface area (Å²) in [4.78, 5) is 14.4. The summed E-state index contributed by atoms with van der Waals surface area (Å²) in [5.74, 6) is -0.410. The maximum Gasteiger partial charge on any atom is 0.251 e. The molecule has 1 aliphatic carbocycles. The molecule has 7 heteroatoms. The number of halogens is 2. The van der Waals surface area contributed by atoms with E-state index in [-0.39, 0.29) is 37.7 Å². The smallest absolute Gasteiger partial charge is 0.251 e. The van der Waals surface area contributed by atoms with Gasteiger partial charge in [-0.3, -0.25) is 4.79 Å². The molecule has 2 aromatic rings. The van der Waals surface area contributed by atoms with Crippen molar-refractivity contribution in [3.8, 4) is 0 Å². The van der Waals surface area contributed by atoms with Gasteiger partial charge in [0.05, 0.1) is 17.7 Å². The summed E-state index contributed by atoms with van der Waals surface area (Å²) in [5, 5.41) is 0.669. The zero-order chi connectivity index (χ0) is 18.6. The van der Waals surface area contributed by atoms with Crippen molar-refractivity contribution in [2.45, 2.75) is 44.4 Å². The minimum Gasteiger partial charge on any atom is -0.366 e. The number of benzene rings is 1. The van der Waals surface area contributed by atoms with Crippen LogP contribution in [0.1, 0.15) is 36.4 Å². The highest BCUT2D eigenvalue weighted by atomic mass is 19.1. The van der Waals surface area contributed by atoms with Gasteiger partial charge in [-0.1, -0.05) is 0 Å². The van der Waals surface area contributed by atoms with E-state index in [1.807, 2.05) is 0 Å². The summed E-state index contributed by atoms with van der Waals surface area (Å²) in [7, 11) is 0. The lowest BCUT2D eigenvalue weighted by molar-refractivity contribution is 0.204. The lowest BCUT2D eigenvalue weighted by atomic mass is 10.0. The minimum atomic E-state index is -1.50. The lowest BCUT2D eigenvalue weighted by Crippen LogP contribution is -2.36. The van der Waals surface area contributed by atoms with Crippen molar-refractivity contribution >= 4 is 16.6 Å². The number of pyridine rings is 1. The zero-order valence-electron chi connectivity index (χ0n) is 14.9. The van der Waals surface area contributed by atoms with Gasteiger partial charge in [0.15, 0.2) is 0 Å². The predicted octanol–water partition coefficient (Wildman–Crippen LogP) is 2.12. The van der Waals surface area contributed by atoms with E-state index >= 15 is 4.39 Å². The van der Waals surface area contributed by atoms with Crippen LogP contribution in [0.15, 0.2) is 16.9 Å². The fourth-order valence-electron chi connectivity index (χ4n) is 4.16. The first kappa shape index (κ1) is 17.4. The fourth-order valence-corrected chi connectivity index (χ4v) is 4.16. The Hall–Kier alpha value is -1.99. The Balaban J connectivity index is 1.96. The molecule has 0 spiro atoms. The molecule has 2 heterocycles. The quantitative estimate of drug-likeness (QED) is 0.873. The normalized spacial score (nSPS) is 23.2. The Bertz CT molecular complexity index is 938. The van der Waals surface area contributed by atoms with Crippen LogP contribution in [-0.4, -0.2) is 29.9 Å². The third-order valence-electron chi connectivity index (χ3n) is 5.70. The van der Waals surface area contributed by atoms with Gasteiger partial charge < -0.3 is 20.9 Å². The van der Waals surface area contributed by atoms with E-state index < -0.39 is 11.5 Å². The first-order valence-electron chi connectivity index (χ1n) is 9.10. The van der Waals surface area contributed by atoms with Crippen LogP contribution in [0.3, 0.4) is 0 Å². The van der Waals surface area contributed by atoms with Crippen molar-refractivity contribution in [2.75, 3.05) is 24.5 Å². The molecule has 1 saturated heterocycles. The first-order chi connectivity index (χ1) is 12.4. The minimum absolute atomic E-state index is 0.0665. The molecule has 140 valence electrons. The number of alkyl halides is 1. The molecule has 0 amide bonds. The van der Waals surface area contributed by atoms with Crippen molar-refractivity contribution in [3.63, 3.8) is 0 Å². The van der Waals surface area contributed by atoms with E-state index in [9.17, 15) is 9.18 Å². The summed E-state index contributed by atoms with van der Waals surface area (Å²) >= 11 is 0. The average Bonchev–Trinajstić information content (AvgIpc) is 3.37. The molecule has 4 rings (SSSR count). The first-order valence-corrected chi connectivity index (χ1v) is 9.10. The largest absolute Gasteiger partial charge is 0.366 e. The topological polar surface area (TPSA) is 77.3 Å². The van der Waals surface area contributed by atoms with Crippen LogP contribution < -0.4 is 21.9 Å². The molecule has 0 bridgehead atoms. The maximum absolute atomic E-state index is 15.0. The second-order valence-electron chi connectivity index (χ2n) is 7.57. The van der Waals surface area contributed by atoms with E-state index in [1.165, 1.54) is 12.1 Å². The van der Waals surface area contributed by atoms with Crippen LogP contribution in [-0.2, 0) is 6.54 Å². The molecule has 1 saturated carbocycles. The molecular weight excluding hydrogens is 338 g/mol. The standard InChI is InChI=1S/C19H24F2N4O/c1-11-17-14(12(8-22)6-16(26)25(17)13-2-3-13)7-15(20)18(11)24-5-4-19(21,9-23)10-24/h6-7,13H,2-5,8-10,22-23H2,1H3. The average molecular weight is 362 g/mol. The number of nitrogens with two attached hydrogens (primary N) is 2. The van der Waals surface area contributed by atoms with Crippen LogP contribution in [0.4, 0.5) is 14.5 Å². The second kappa shape index (κ2) is 6.03. The van der Waals surface area contributed by atoms with E-state index in [0.717, 1.165) is 18.4 Å². The summed E-state index contributed by atoms with van der Waals surface area (Å²) in [6, 6.07) is 3.10. The molecule has 2 fully saturated rings. The lowest BCUT2D eigenvalue weighted by Gasteiger charge is -2.25. The molecule has 26 heavy (non-hydrogen) atoms. The van der Waals surface area contributed by atoms with E-state index in [0.29, 0.717) is 28.7 Å². The molecule has 1 aromatic carbocycles. The van der Waals surface area contributed by atoms with Gasteiger partial charge in [0, 0.05) is 43.5 Å². The van der Waals surface area contributed by atoms with Gasteiger partial charge in [-0.15, -0.1) is 0 Å². The molecule has 1 aromatic heterocycles. The Labute approximate surface area is 150 Å². The number of hydrogen-bond donors (Lipinski definition) is 2. The van der Waals surface area contributed by atoms with Crippen molar-refractivity contribution in [1.29, 1.82) is 0 Å².